The van der Waals surface area contributed by atoms with Crippen LogP contribution in [-0.2, 0) is 4.74 Å². The molecule has 2 saturated carbocycles. The summed E-state index contributed by atoms with van der Waals surface area (Å²) < 4.78 is 5.60. The van der Waals surface area contributed by atoms with Crippen molar-refractivity contribution in [1.29, 1.82) is 0 Å². The van der Waals surface area contributed by atoms with Gasteiger partial charge in [-0.15, -0.1) is 0 Å². The summed E-state index contributed by atoms with van der Waals surface area (Å²) >= 11 is 0. The van der Waals surface area contributed by atoms with Crippen molar-refractivity contribution in [1.82, 2.24) is 9.80 Å². The Bertz CT molecular complexity index is 420. The molecule has 1 amide bonds. The molecule has 3 aliphatic rings. The zero-order valence-electron chi connectivity index (χ0n) is 14.3. The van der Waals surface area contributed by atoms with Gasteiger partial charge in [0.1, 0.15) is 5.60 Å². The van der Waals surface area contributed by atoms with Gasteiger partial charge in [0.05, 0.1) is 5.54 Å². The smallest absolute Gasteiger partial charge is 0.410 e. The maximum absolute atomic E-state index is 12.5. The van der Waals surface area contributed by atoms with E-state index in [1.807, 2.05) is 25.7 Å². The van der Waals surface area contributed by atoms with Crippen LogP contribution in [0.1, 0.15) is 59.3 Å². The summed E-state index contributed by atoms with van der Waals surface area (Å²) in [6, 6.07) is 1.06. The maximum atomic E-state index is 12.5. The zero-order chi connectivity index (χ0) is 16.0. The Labute approximate surface area is 134 Å². The highest BCUT2D eigenvalue weighted by molar-refractivity contribution is 5.70. The predicted octanol–water partition coefficient (Wildman–Crippen LogP) is 2.34. The van der Waals surface area contributed by atoms with E-state index in [4.69, 9.17) is 10.5 Å². The van der Waals surface area contributed by atoms with E-state index >= 15 is 0 Å². The highest BCUT2D eigenvalue weighted by atomic mass is 16.6. The molecule has 1 spiro atoms. The molecule has 1 heterocycles. The molecule has 2 aliphatic carbocycles. The molecule has 0 aromatic heterocycles. The minimum Gasteiger partial charge on any atom is -0.444 e. The molecule has 0 aromatic rings. The molecular weight excluding hydrogens is 278 g/mol. The molecule has 0 atom stereocenters. The van der Waals surface area contributed by atoms with E-state index in [1.54, 1.807) is 0 Å². The van der Waals surface area contributed by atoms with Crippen LogP contribution in [0.5, 0.6) is 0 Å². The monoisotopic (exact) mass is 309 g/mol. The van der Waals surface area contributed by atoms with E-state index in [9.17, 15) is 4.79 Å². The topological polar surface area (TPSA) is 58.8 Å². The first-order chi connectivity index (χ1) is 10.3. The van der Waals surface area contributed by atoms with Crippen LogP contribution in [0.25, 0.3) is 0 Å². The van der Waals surface area contributed by atoms with Crippen molar-refractivity contribution >= 4 is 6.09 Å². The van der Waals surface area contributed by atoms with E-state index in [1.165, 1.54) is 12.8 Å². The molecule has 1 aliphatic heterocycles. The second kappa shape index (κ2) is 5.68. The van der Waals surface area contributed by atoms with E-state index in [2.05, 4.69) is 4.90 Å². The second-order valence-electron chi connectivity index (χ2n) is 8.40. The number of carbonyl (C=O) groups is 1. The van der Waals surface area contributed by atoms with Crippen molar-refractivity contribution in [2.75, 3.05) is 19.6 Å². The third-order valence-electron chi connectivity index (χ3n) is 5.38. The number of nitrogens with two attached hydrogens (primary N) is 1. The van der Waals surface area contributed by atoms with Crippen molar-refractivity contribution in [3.63, 3.8) is 0 Å². The van der Waals surface area contributed by atoms with Crippen LogP contribution in [0.2, 0.25) is 0 Å². The van der Waals surface area contributed by atoms with Crippen LogP contribution in [0.15, 0.2) is 0 Å². The summed E-state index contributed by atoms with van der Waals surface area (Å²) in [6.07, 6.45) is 6.82. The minimum absolute atomic E-state index is 0.0557. The van der Waals surface area contributed by atoms with Gasteiger partial charge < -0.3 is 10.5 Å². The number of piperazine rings is 1. The molecule has 3 rings (SSSR count). The quantitative estimate of drug-likeness (QED) is 0.808. The number of rotatable bonds is 1. The summed E-state index contributed by atoms with van der Waals surface area (Å²) in [5.74, 6) is 0. The van der Waals surface area contributed by atoms with Gasteiger partial charge in [-0.25, -0.2) is 4.79 Å². The van der Waals surface area contributed by atoms with Crippen LogP contribution >= 0.6 is 0 Å². The van der Waals surface area contributed by atoms with E-state index in [0.717, 1.165) is 45.3 Å². The average molecular weight is 309 g/mol. The third kappa shape index (κ3) is 3.40. The molecule has 1 saturated heterocycles. The number of ether oxygens (including phenoxy) is 1. The van der Waals surface area contributed by atoms with Crippen LogP contribution in [0, 0.1) is 0 Å². The molecule has 0 aromatic carbocycles. The summed E-state index contributed by atoms with van der Waals surface area (Å²) in [6.45, 7) is 8.61. The summed E-state index contributed by atoms with van der Waals surface area (Å²) in [4.78, 5) is 17.1. The molecule has 126 valence electrons. The molecule has 0 radical (unpaired) electrons. The van der Waals surface area contributed by atoms with Gasteiger partial charge in [0, 0.05) is 31.7 Å². The second-order valence-corrected chi connectivity index (χ2v) is 8.40. The van der Waals surface area contributed by atoms with Crippen molar-refractivity contribution in [3.8, 4) is 0 Å². The van der Waals surface area contributed by atoms with Crippen molar-refractivity contribution < 1.29 is 9.53 Å². The summed E-state index contributed by atoms with van der Waals surface area (Å²) in [7, 11) is 0. The first kappa shape index (κ1) is 16.1. The van der Waals surface area contributed by atoms with E-state index < -0.39 is 5.60 Å². The number of carbonyl (C=O) groups excluding carboxylic acids is 1. The van der Waals surface area contributed by atoms with E-state index in [0.29, 0.717) is 12.1 Å². The number of hydrogen-bond donors (Lipinski definition) is 1. The molecule has 5 heteroatoms. The average Bonchev–Trinajstić information content (AvgIpc) is 3.17. The van der Waals surface area contributed by atoms with Crippen LogP contribution in [0.3, 0.4) is 0 Å². The first-order valence-corrected chi connectivity index (χ1v) is 8.79. The zero-order valence-corrected chi connectivity index (χ0v) is 14.3. The molecule has 3 fully saturated rings. The lowest BCUT2D eigenvalue weighted by Gasteiger charge is -2.46. The molecular formula is C17H31N3O2. The third-order valence-corrected chi connectivity index (χ3v) is 5.38. The Kier molecular flexibility index (Phi) is 4.14. The Morgan fingerprint density at radius 2 is 1.77 bits per heavy atom. The van der Waals surface area contributed by atoms with Crippen molar-refractivity contribution in [3.05, 3.63) is 0 Å². The lowest BCUT2D eigenvalue weighted by atomic mass is 9.90. The molecule has 2 N–H and O–H groups in total. The minimum atomic E-state index is -0.413. The van der Waals surface area contributed by atoms with Crippen molar-refractivity contribution in [2.24, 2.45) is 5.73 Å². The fourth-order valence-electron chi connectivity index (χ4n) is 3.96. The normalized spacial score (nSPS) is 32.1. The van der Waals surface area contributed by atoms with Gasteiger partial charge in [-0.1, -0.05) is 0 Å². The van der Waals surface area contributed by atoms with Gasteiger partial charge in [-0.3, -0.25) is 9.80 Å². The van der Waals surface area contributed by atoms with Gasteiger partial charge in [0.15, 0.2) is 0 Å². The Balaban J connectivity index is 1.60. The largest absolute Gasteiger partial charge is 0.444 e. The summed E-state index contributed by atoms with van der Waals surface area (Å²) in [5.41, 5.74) is 5.67. The van der Waals surface area contributed by atoms with Crippen LogP contribution in [-0.4, -0.2) is 58.8 Å². The molecule has 5 nitrogen and oxygen atoms in total. The fraction of sp³-hybridized carbons (Fsp3) is 0.941. The molecule has 0 bridgehead atoms. The lowest BCUT2D eigenvalue weighted by molar-refractivity contribution is -0.0171. The standard InChI is InChI=1S/C17H31N3O2/c1-16(2,3)22-15(21)20-11-10-19(12-17(20)8-9-17)14-6-4-13(18)5-7-14/h13-14H,4-12,18H2,1-3H3. The van der Waals surface area contributed by atoms with Gasteiger partial charge in [-0.2, -0.15) is 0 Å². The van der Waals surface area contributed by atoms with Gasteiger partial charge in [0.2, 0.25) is 0 Å². The first-order valence-electron chi connectivity index (χ1n) is 8.79. The lowest BCUT2D eigenvalue weighted by Crippen LogP contribution is -2.60. The summed E-state index contributed by atoms with van der Waals surface area (Å²) in [5, 5.41) is 0. The molecule has 0 unspecified atom stereocenters. The predicted molar refractivity (Wildman–Crippen MR) is 86.7 cm³/mol. The van der Waals surface area contributed by atoms with Crippen molar-refractivity contribution in [2.45, 2.75) is 82.5 Å². The van der Waals surface area contributed by atoms with Crippen LogP contribution in [0.4, 0.5) is 4.79 Å². The highest BCUT2D eigenvalue weighted by Gasteiger charge is 2.54. The Morgan fingerprint density at radius 1 is 1.14 bits per heavy atom. The van der Waals surface area contributed by atoms with Gasteiger partial charge in [0.25, 0.3) is 0 Å². The fourth-order valence-corrected chi connectivity index (χ4v) is 3.96. The number of nitrogens with zero attached hydrogens (tertiary/aromatic N) is 2. The number of hydrogen-bond acceptors (Lipinski definition) is 4. The SMILES string of the molecule is CC(C)(C)OC(=O)N1CCN(C2CCC(N)CC2)CC12CC2. The molecule has 22 heavy (non-hydrogen) atoms. The van der Waals surface area contributed by atoms with E-state index in [-0.39, 0.29) is 11.6 Å². The maximum Gasteiger partial charge on any atom is 0.410 e. The number of amides is 1. The Morgan fingerprint density at radius 3 is 2.32 bits per heavy atom. The van der Waals surface area contributed by atoms with Gasteiger partial charge >= 0.3 is 6.09 Å². The highest BCUT2D eigenvalue weighted by Crippen LogP contribution is 2.45. The van der Waals surface area contributed by atoms with Gasteiger partial charge in [-0.05, 0) is 59.3 Å². The Hall–Kier alpha value is -0.810. The van der Waals surface area contributed by atoms with Crippen LogP contribution < -0.4 is 5.73 Å².